The number of hydrogen-bond donors (Lipinski definition) is 0. The number of aryl methyl sites for hydroxylation is 3. The summed E-state index contributed by atoms with van der Waals surface area (Å²) in [4.78, 5) is 31.7. The summed E-state index contributed by atoms with van der Waals surface area (Å²) in [6.45, 7) is 6.03. The van der Waals surface area contributed by atoms with Crippen LogP contribution < -0.4 is 5.56 Å². The maximum atomic E-state index is 14.5. The van der Waals surface area contributed by atoms with Crippen LogP contribution in [0.4, 0.5) is 4.39 Å². The van der Waals surface area contributed by atoms with E-state index in [9.17, 15) is 9.18 Å². The minimum atomic E-state index is -0.124. The Morgan fingerprint density at radius 1 is 1.00 bits per heavy atom. The molecule has 0 radical (unpaired) electrons. The lowest BCUT2D eigenvalue weighted by atomic mass is 9.75. The van der Waals surface area contributed by atoms with Gasteiger partial charge in [0, 0.05) is 24.2 Å². The van der Waals surface area contributed by atoms with Gasteiger partial charge in [-0.2, -0.15) is 0 Å². The lowest BCUT2D eigenvalue weighted by molar-refractivity contribution is 0.384. The third-order valence-electron chi connectivity index (χ3n) is 7.08. The van der Waals surface area contributed by atoms with Gasteiger partial charge in [-0.15, -0.1) is 0 Å². The number of rotatable bonds is 4. The van der Waals surface area contributed by atoms with Gasteiger partial charge in [-0.1, -0.05) is 12.1 Å². The summed E-state index contributed by atoms with van der Waals surface area (Å²) < 4.78 is 16.2. The molecule has 1 aliphatic carbocycles. The fourth-order valence-corrected chi connectivity index (χ4v) is 5.27. The SMILES string of the molecule is Cc1cnc2cc([C@H]3CC[C@@H](c4c(C)cccc4F)CC3)c(=O)n(Cc3nccnc3C)c2n1. The molecule has 174 valence electrons. The third kappa shape index (κ3) is 4.11. The molecule has 1 aliphatic rings. The number of pyridine rings is 1. The summed E-state index contributed by atoms with van der Waals surface area (Å²) in [5.74, 6) is 0.170. The second-order valence-electron chi connectivity index (χ2n) is 9.32. The number of fused-ring (bicyclic) bond motifs is 1. The number of hydrogen-bond acceptors (Lipinski definition) is 5. The van der Waals surface area contributed by atoms with Crippen LogP contribution >= 0.6 is 0 Å². The molecule has 0 amide bonds. The van der Waals surface area contributed by atoms with Crippen molar-refractivity contribution in [1.29, 1.82) is 0 Å². The lowest BCUT2D eigenvalue weighted by Crippen LogP contribution is -2.29. The van der Waals surface area contributed by atoms with Gasteiger partial charge in [0.05, 0.1) is 23.6 Å². The van der Waals surface area contributed by atoms with Crippen LogP contribution in [0.5, 0.6) is 0 Å². The van der Waals surface area contributed by atoms with Crippen molar-refractivity contribution >= 4 is 11.2 Å². The Kier molecular flexibility index (Phi) is 5.94. The topological polar surface area (TPSA) is 73.6 Å². The van der Waals surface area contributed by atoms with Crippen LogP contribution in [0.15, 0.2) is 47.7 Å². The van der Waals surface area contributed by atoms with E-state index in [1.54, 1.807) is 35.3 Å². The summed E-state index contributed by atoms with van der Waals surface area (Å²) >= 11 is 0. The molecule has 0 saturated heterocycles. The number of aromatic nitrogens is 5. The van der Waals surface area contributed by atoms with Gasteiger partial charge in [-0.25, -0.2) is 9.37 Å². The fourth-order valence-electron chi connectivity index (χ4n) is 5.27. The van der Waals surface area contributed by atoms with Crippen molar-refractivity contribution in [1.82, 2.24) is 24.5 Å². The Morgan fingerprint density at radius 2 is 1.74 bits per heavy atom. The number of nitrogens with zero attached hydrogens (tertiary/aromatic N) is 5. The van der Waals surface area contributed by atoms with Crippen molar-refractivity contribution in [3.05, 3.63) is 92.8 Å². The van der Waals surface area contributed by atoms with E-state index in [-0.39, 0.29) is 23.2 Å². The molecule has 0 spiro atoms. The molecule has 3 aromatic heterocycles. The first-order valence-corrected chi connectivity index (χ1v) is 11.8. The first-order valence-electron chi connectivity index (χ1n) is 11.8. The van der Waals surface area contributed by atoms with Crippen molar-refractivity contribution in [2.24, 2.45) is 0 Å². The van der Waals surface area contributed by atoms with Crippen LogP contribution in [0, 0.1) is 26.6 Å². The van der Waals surface area contributed by atoms with E-state index in [4.69, 9.17) is 0 Å². The summed E-state index contributed by atoms with van der Waals surface area (Å²) in [5, 5.41) is 0. The molecule has 1 saturated carbocycles. The molecule has 34 heavy (non-hydrogen) atoms. The van der Waals surface area contributed by atoms with Crippen molar-refractivity contribution in [3.63, 3.8) is 0 Å². The van der Waals surface area contributed by atoms with Crippen LogP contribution in [0.2, 0.25) is 0 Å². The summed E-state index contributed by atoms with van der Waals surface area (Å²) in [5.41, 5.74) is 6.09. The Bertz CT molecular complexity index is 1400. The van der Waals surface area contributed by atoms with E-state index in [1.807, 2.05) is 32.9 Å². The average molecular weight is 458 g/mol. The van der Waals surface area contributed by atoms with Crippen molar-refractivity contribution < 1.29 is 4.39 Å². The highest BCUT2D eigenvalue weighted by Gasteiger charge is 2.29. The molecule has 0 bridgehead atoms. The van der Waals surface area contributed by atoms with Gasteiger partial charge >= 0.3 is 0 Å². The monoisotopic (exact) mass is 457 g/mol. The normalized spacial score (nSPS) is 18.4. The van der Waals surface area contributed by atoms with Gasteiger partial charge in [0.1, 0.15) is 11.3 Å². The third-order valence-corrected chi connectivity index (χ3v) is 7.08. The van der Waals surface area contributed by atoms with Gasteiger partial charge in [0.25, 0.3) is 5.56 Å². The van der Waals surface area contributed by atoms with Crippen LogP contribution in [-0.2, 0) is 6.54 Å². The van der Waals surface area contributed by atoms with E-state index in [1.165, 1.54) is 0 Å². The smallest absolute Gasteiger partial charge is 0.256 e. The van der Waals surface area contributed by atoms with Gasteiger partial charge < -0.3 is 0 Å². The van der Waals surface area contributed by atoms with E-state index in [0.29, 0.717) is 17.7 Å². The Balaban J connectivity index is 1.51. The molecule has 0 unspecified atom stereocenters. The molecule has 7 heteroatoms. The van der Waals surface area contributed by atoms with Crippen LogP contribution in [0.3, 0.4) is 0 Å². The zero-order valence-electron chi connectivity index (χ0n) is 19.8. The lowest BCUT2D eigenvalue weighted by Gasteiger charge is -2.30. The molecule has 5 rings (SSSR count). The maximum Gasteiger partial charge on any atom is 0.256 e. The predicted molar refractivity (Wildman–Crippen MR) is 129 cm³/mol. The standard InChI is InChI=1S/C27H28FN5O/c1-16-5-4-6-22(28)25(16)20-9-7-19(8-10-20)21-13-23-26(32-17(2)14-31-23)33(27(21)34)15-24-18(3)29-11-12-30-24/h4-6,11-14,19-20H,7-10,15H2,1-3H3/t19-,20+. The highest BCUT2D eigenvalue weighted by molar-refractivity contribution is 5.71. The van der Waals surface area contributed by atoms with Gasteiger partial charge in [-0.3, -0.25) is 24.3 Å². The molecule has 1 aromatic carbocycles. The zero-order valence-corrected chi connectivity index (χ0v) is 19.8. The molecule has 1 fully saturated rings. The van der Waals surface area contributed by atoms with E-state index in [2.05, 4.69) is 19.9 Å². The highest BCUT2D eigenvalue weighted by atomic mass is 19.1. The Hall–Kier alpha value is -3.48. The number of halogens is 1. The highest BCUT2D eigenvalue weighted by Crippen LogP contribution is 2.41. The minimum Gasteiger partial charge on any atom is -0.285 e. The second-order valence-corrected chi connectivity index (χ2v) is 9.32. The van der Waals surface area contributed by atoms with Gasteiger partial charge in [0.2, 0.25) is 0 Å². The van der Waals surface area contributed by atoms with Crippen LogP contribution in [0.25, 0.3) is 11.2 Å². The molecule has 0 atom stereocenters. The van der Waals surface area contributed by atoms with E-state index in [0.717, 1.165) is 59.5 Å². The molecule has 6 nitrogen and oxygen atoms in total. The fraction of sp³-hybridized carbons (Fsp3) is 0.370. The summed E-state index contributed by atoms with van der Waals surface area (Å²) in [7, 11) is 0. The largest absolute Gasteiger partial charge is 0.285 e. The molecule has 0 N–H and O–H groups in total. The van der Waals surface area contributed by atoms with Crippen LogP contribution in [0.1, 0.15) is 71.3 Å². The summed E-state index contributed by atoms with van der Waals surface area (Å²) in [6.07, 6.45) is 8.40. The van der Waals surface area contributed by atoms with Gasteiger partial charge in [-0.05, 0) is 81.5 Å². The predicted octanol–water partition coefficient (Wildman–Crippen LogP) is 5.14. The van der Waals surface area contributed by atoms with Gasteiger partial charge in [0.15, 0.2) is 5.65 Å². The molecule has 3 heterocycles. The second kappa shape index (κ2) is 9.05. The van der Waals surface area contributed by atoms with Crippen molar-refractivity contribution in [2.45, 2.75) is 64.8 Å². The molecular weight excluding hydrogens is 429 g/mol. The molecule has 4 aromatic rings. The Labute approximate surface area is 198 Å². The average Bonchev–Trinajstić information content (AvgIpc) is 2.82. The first kappa shape index (κ1) is 22.3. The quantitative estimate of drug-likeness (QED) is 0.424. The number of benzene rings is 1. The maximum absolute atomic E-state index is 14.5. The van der Waals surface area contributed by atoms with Crippen molar-refractivity contribution in [3.8, 4) is 0 Å². The molecule has 0 aliphatic heterocycles. The zero-order chi connectivity index (χ0) is 23.8. The minimum absolute atomic E-state index is 0.0528. The Morgan fingerprint density at radius 3 is 2.47 bits per heavy atom. The van der Waals surface area contributed by atoms with Crippen molar-refractivity contribution in [2.75, 3.05) is 0 Å². The summed E-state index contributed by atoms with van der Waals surface area (Å²) in [6, 6.07) is 7.19. The van der Waals surface area contributed by atoms with E-state index >= 15 is 0 Å². The van der Waals surface area contributed by atoms with E-state index < -0.39 is 0 Å². The first-order chi connectivity index (χ1) is 16.4. The van der Waals surface area contributed by atoms with Crippen LogP contribution in [-0.4, -0.2) is 24.5 Å². The molecular formula is C27H28FN5O.